The minimum atomic E-state index is -0.0351. The summed E-state index contributed by atoms with van der Waals surface area (Å²) in [5, 5.41) is 3.19. The average Bonchev–Trinajstić information content (AvgIpc) is 3.32. The van der Waals surface area contributed by atoms with Crippen molar-refractivity contribution in [1.29, 1.82) is 0 Å². The molecule has 3 rings (SSSR count). The van der Waals surface area contributed by atoms with Gasteiger partial charge in [-0.3, -0.25) is 4.79 Å². The van der Waals surface area contributed by atoms with Gasteiger partial charge in [0.25, 0.3) is 0 Å². The molecule has 1 aromatic rings. The first kappa shape index (κ1) is 15.3. The van der Waals surface area contributed by atoms with E-state index in [-0.39, 0.29) is 11.3 Å². The van der Waals surface area contributed by atoms with E-state index in [1.54, 1.807) is 0 Å². The first-order valence-electron chi connectivity index (χ1n) is 8.32. The van der Waals surface area contributed by atoms with Gasteiger partial charge in [0.1, 0.15) is 11.6 Å². The zero-order chi connectivity index (χ0) is 15.7. The summed E-state index contributed by atoms with van der Waals surface area (Å²) in [5.41, 5.74) is -0.0351. The van der Waals surface area contributed by atoms with Gasteiger partial charge in [0.05, 0.1) is 0 Å². The lowest BCUT2D eigenvalue weighted by atomic mass is 9.96. The third-order valence-electron chi connectivity index (χ3n) is 4.43. The van der Waals surface area contributed by atoms with E-state index in [0.717, 1.165) is 50.4 Å². The van der Waals surface area contributed by atoms with Gasteiger partial charge in [-0.2, -0.15) is 0 Å². The van der Waals surface area contributed by atoms with Gasteiger partial charge in [0.15, 0.2) is 0 Å². The highest BCUT2D eigenvalue weighted by atomic mass is 16.2. The molecule has 2 aliphatic rings. The number of rotatable bonds is 3. The number of anilines is 1. The SMILES string of the molecule is CC(C)(C)c1nccc(N2CCC(NC(=O)C3CC3)CC2)n1. The molecule has 5 nitrogen and oxygen atoms in total. The summed E-state index contributed by atoms with van der Waals surface area (Å²) in [4.78, 5) is 23.2. The predicted molar refractivity (Wildman–Crippen MR) is 86.8 cm³/mol. The van der Waals surface area contributed by atoms with Gasteiger partial charge in [-0.1, -0.05) is 20.8 Å². The summed E-state index contributed by atoms with van der Waals surface area (Å²) in [6, 6.07) is 2.31. The molecule has 1 aromatic heterocycles. The first-order chi connectivity index (χ1) is 10.4. The Labute approximate surface area is 132 Å². The second-order valence-corrected chi connectivity index (χ2v) is 7.53. The van der Waals surface area contributed by atoms with Crippen LogP contribution in [0.25, 0.3) is 0 Å². The van der Waals surface area contributed by atoms with Gasteiger partial charge in [0.2, 0.25) is 5.91 Å². The van der Waals surface area contributed by atoms with Crippen LogP contribution in [0.3, 0.4) is 0 Å². The van der Waals surface area contributed by atoms with Gasteiger partial charge < -0.3 is 10.2 Å². The van der Waals surface area contributed by atoms with Crippen molar-refractivity contribution >= 4 is 11.7 Å². The molecule has 120 valence electrons. The standard InChI is InChI=1S/C17H26N4O/c1-17(2,3)16-18-9-6-14(20-16)21-10-7-13(8-11-21)19-15(22)12-4-5-12/h6,9,12-13H,4-5,7-8,10-11H2,1-3H3,(H,19,22). The molecule has 1 amide bonds. The van der Waals surface area contributed by atoms with Crippen molar-refractivity contribution in [3.8, 4) is 0 Å². The monoisotopic (exact) mass is 302 g/mol. The molecule has 1 aliphatic heterocycles. The van der Waals surface area contributed by atoms with Crippen molar-refractivity contribution in [1.82, 2.24) is 15.3 Å². The third kappa shape index (κ3) is 3.57. The molecule has 0 unspecified atom stereocenters. The molecule has 0 atom stereocenters. The van der Waals surface area contributed by atoms with E-state index in [1.807, 2.05) is 12.3 Å². The molecule has 1 aliphatic carbocycles. The first-order valence-corrected chi connectivity index (χ1v) is 8.32. The number of aromatic nitrogens is 2. The highest BCUT2D eigenvalue weighted by Crippen LogP contribution is 2.29. The number of carbonyl (C=O) groups is 1. The fourth-order valence-electron chi connectivity index (χ4n) is 2.80. The van der Waals surface area contributed by atoms with Gasteiger partial charge >= 0.3 is 0 Å². The van der Waals surface area contributed by atoms with Crippen LogP contribution < -0.4 is 10.2 Å². The van der Waals surface area contributed by atoms with Crippen molar-refractivity contribution < 1.29 is 4.79 Å². The molecule has 0 aromatic carbocycles. The Morgan fingerprint density at radius 3 is 2.50 bits per heavy atom. The number of nitrogens with zero attached hydrogens (tertiary/aromatic N) is 3. The molecule has 5 heteroatoms. The summed E-state index contributed by atoms with van der Waals surface area (Å²) in [6.45, 7) is 8.27. The Hall–Kier alpha value is -1.65. The van der Waals surface area contributed by atoms with Crippen LogP contribution in [0.5, 0.6) is 0 Å². The molecule has 0 radical (unpaired) electrons. The van der Waals surface area contributed by atoms with Gasteiger partial charge in [-0.25, -0.2) is 9.97 Å². The lowest BCUT2D eigenvalue weighted by Crippen LogP contribution is -2.45. The maximum atomic E-state index is 11.8. The van der Waals surface area contributed by atoms with E-state index < -0.39 is 0 Å². The van der Waals surface area contributed by atoms with Gasteiger partial charge in [-0.05, 0) is 31.7 Å². The Bertz CT molecular complexity index is 540. The molecule has 22 heavy (non-hydrogen) atoms. The normalized spacial score (nSPS) is 20.0. The molecular formula is C17H26N4O. The minimum Gasteiger partial charge on any atom is -0.356 e. The largest absolute Gasteiger partial charge is 0.356 e. The van der Waals surface area contributed by atoms with E-state index in [1.165, 1.54) is 0 Å². The quantitative estimate of drug-likeness (QED) is 0.930. The van der Waals surface area contributed by atoms with Crippen molar-refractivity contribution in [2.75, 3.05) is 18.0 Å². The zero-order valence-electron chi connectivity index (χ0n) is 13.8. The van der Waals surface area contributed by atoms with Crippen LogP contribution in [0, 0.1) is 5.92 Å². The van der Waals surface area contributed by atoms with Crippen LogP contribution in [-0.4, -0.2) is 35.0 Å². The van der Waals surface area contributed by atoms with E-state index in [2.05, 4.69) is 36.0 Å². The lowest BCUT2D eigenvalue weighted by molar-refractivity contribution is -0.123. The second kappa shape index (κ2) is 5.86. The Morgan fingerprint density at radius 1 is 1.23 bits per heavy atom. The Morgan fingerprint density at radius 2 is 1.91 bits per heavy atom. The number of carbonyl (C=O) groups excluding carboxylic acids is 1. The van der Waals surface area contributed by atoms with Crippen molar-refractivity contribution in [2.45, 2.75) is 57.9 Å². The highest BCUT2D eigenvalue weighted by molar-refractivity contribution is 5.81. The molecule has 1 saturated heterocycles. The summed E-state index contributed by atoms with van der Waals surface area (Å²) in [7, 11) is 0. The van der Waals surface area contributed by atoms with Gasteiger partial charge in [-0.15, -0.1) is 0 Å². The average molecular weight is 302 g/mol. The van der Waals surface area contributed by atoms with Gasteiger partial charge in [0, 0.05) is 36.7 Å². The predicted octanol–water partition coefficient (Wildman–Crippen LogP) is 2.27. The topological polar surface area (TPSA) is 58.1 Å². The number of amides is 1. The molecule has 1 saturated carbocycles. The minimum absolute atomic E-state index is 0.0351. The second-order valence-electron chi connectivity index (χ2n) is 7.53. The zero-order valence-corrected chi connectivity index (χ0v) is 13.8. The van der Waals surface area contributed by atoms with E-state index in [0.29, 0.717) is 12.0 Å². The Kier molecular flexibility index (Phi) is 4.06. The van der Waals surface area contributed by atoms with E-state index in [9.17, 15) is 4.79 Å². The van der Waals surface area contributed by atoms with Crippen LogP contribution in [0.15, 0.2) is 12.3 Å². The lowest BCUT2D eigenvalue weighted by Gasteiger charge is -2.33. The van der Waals surface area contributed by atoms with Crippen LogP contribution in [0.2, 0.25) is 0 Å². The van der Waals surface area contributed by atoms with E-state index >= 15 is 0 Å². The summed E-state index contributed by atoms with van der Waals surface area (Å²) >= 11 is 0. The molecular weight excluding hydrogens is 276 g/mol. The number of piperidine rings is 1. The maximum Gasteiger partial charge on any atom is 0.223 e. The van der Waals surface area contributed by atoms with Crippen LogP contribution in [0.1, 0.15) is 52.3 Å². The van der Waals surface area contributed by atoms with Crippen molar-refractivity contribution in [3.63, 3.8) is 0 Å². The number of nitrogens with one attached hydrogen (secondary N) is 1. The van der Waals surface area contributed by atoms with Crippen LogP contribution in [0.4, 0.5) is 5.82 Å². The molecule has 0 spiro atoms. The Balaban J connectivity index is 1.58. The van der Waals surface area contributed by atoms with Crippen molar-refractivity contribution in [3.05, 3.63) is 18.1 Å². The third-order valence-corrected chi connectivity index (χ3v) is 4.43. The summed E-state index contributed by atoms with van der Waals surface area (Å²) in [6.07, 6.45) is 5.98. The highest BCUT2D eigenvalue weighted by Gasteiger charge is 2.32. The fourth-order valence-corrected chi connectivity index (χ4v) is 2.80. The van der Waals surface area contributed by atoms with Crippen LogP contribution >= 0.6 is 0 Å². The fraction of sp³-hybridized carbons (Fsp3) is 0.706. The van der Waals surface area contributed by atoms with E-state index in [4.69, 9.17) is 4.98 Å². The van der Waals surface area contributed by atoms with Crippen molar-refractivity contribution in [2.24, 2.45) is 5.92 Å². The summed E-state index contributed by atoms with van der Waals surface area (Å²) in [5.74, 6) is 2.45. The molecule has 2 fully saturated rings. The molecule has 0 bridgehead atoms. The molecule has 1 N–H and O–H groups in total. The number of hydrogen-bond acceptors (Lipinski definition) is 4. The number of hydrogen-bond donors (Lipinski definition) is 1. The smallest absolute Gasteiger partial charge is 0.223 e. The molecule has 2 heterocycles. The van der Waals surface area contributed by atoms with Crippen LogP contribution in [-0.2, 0) is 10.2 Å². The maximum absolute atomic E-state index is 11.8. The summed E-state index contributed by atoms with van der Waals surface area (Å²) < 4.78 is 0.